The molecule has 8 nitrogen and oxygen atoms in total. The molecule has 24 heavy (non-hydrogen) atoms. The molecule has 3 rings (SSSR count). The number of benzene rings is 1. The van der Waals surface area contributed by atoms with E-state index in [2.05, 4.69) is 15.0 Å². The Balaban J connectivity index is 2.08. The van der Waals surface area contributed by atoms with Crippen LogP contribution in [0.4, 0.5) is 5.69 Å². The molecule has 1 aromatic carbocycles. The number of imidazole rings is 1. The van der Waals surface area contributed by atoms with Crippen molar-refractivity contribution < 1.29 is 14.9 Å². The zero-order valence-corrected chi connectivity index (χ0v) is 13.1. The predicted octanol–water partition coefficient (Wildman–Crippen LogP) is 0.441. The van der Waals surface area contributed by atoms with E-state index in [0.717, 1.165) is 11.1 Å². The number of nitrogens with zero attached hydrogens (tertiary/aromatic N) is 4. The third-order valence-corrected chi connectivity index (χ3v) is 3.68. The second-order valence-electron chi connectivity index (χ2n) is 5.22. The van der Waals surface area contributed by atoms with Crippen LogP contribution in [0, 0.1) is 0 Å². The Morgan fingerprint density at radius 2 is 2.04 bits per heavy atom. The van der Waals surface area contributed by atoms with Gasteiger partial charge in [0.2, 0.25) is 5.95 Å². The lowest BCUT2D eigenvalue weighted by Crippen LogP contribution is -2.10. The summed E-state index contributed by atoms with van der Waals surface area (Å²) in [6.45, 7) is 0.501. The molecule has 3 aromatic rings. The van der Waals surface area contributed by atoms with E-state index in [1.165, 1.54) is 0 Å². The van der Waals surface area contributed by atoms with Crippen molar-refractivity contribution in [2.45, 2.75) is 13.0 Å². The van der Waals surface area contributed by atoms with E-state index in [4.69, 9.17) is 15.6 Å². The van der Waals surface area contributed by atoms with Gasteiger partial charge in [0.15, 0.2) is 0 Å². The van der Waals surface area contributed by atoms with Crippen molar-refractivity contribution in [1.82, 2.24) is 19.5 Å². The van der Waals surface area contributed by atoms with Gasteiger partial charge in [-0.05, 0) is 6.07 Å². The van der Waals surface area contributed by atoms with E-state index in [9.17, 15) is 5.11 Å². The van der Waals surface area contributed by atoms with Crippen molar-refractivity contribution in [2.75, 3.05) is 25.6 Å². The molecule has 0 bridgehead atoms. The minimum Gasteiger partial charge on any atom is -0.398 e. The van der Waals surface area contributed by atoms with Crippen LogP contribution in [-0.2, 0) is 17.8 Å². The molecule has 0 amide bonds. The molecule has 0 fully saturated rings. The van der Waals surface area contributed by atoms with Crippen LogP contribution < -0.4 is 5.73 Å². The molecule has 4 N–H and O–H groups in total. The minimum atomic E-state index is -0.147. The van der Waals surface area contributed by atoms with Crippen LogP contribution in [0.1, 0.15) is 11.3 Å². The first kappa shape index (κ1) is 16.3. The fourth-order valence-electron chi connectivity index (χ4n) is 2.50. The second kappa shape index (κ2) is 7.35. The highest BCUT2D eigenvalue weighted by molar-refractivity contribution is 5.94. The topological polar surface area (TPSA) is 119 Å². The molecule has 8 heteroatoms. The number of aliphatic hydroxyl groups excluding tert-OH is 2. The van der Waals surface area contributed by atoms with Gasteiger partial charge in [-0.3, -0.25) is 4.57 Å². The van der Waals surface area contributed by atoms with Crippen molar-refractivity contribution in [3.8, 4) is 5.95 Å². The maximum absolute atomic E-state index is 9.43. The van der Waals surface area contributed by atoms with Gasteiger partial charge in [0.25, 0.3) is 0 Å². The Bertz CT molecular complexity index is 820. The average molecular weight is 329 g/mol. The number of nitrogen functional groups attached to an aromatic ring is 1. The van der Waals surface area contributed by atoms with Crippen LogP contribution in [0.3, 0.4) is 0 Å². The number of fused-ring (bicyclic) bond motifs is 1. The van der Waals surface area contributed by atoms with Gasteiger partial charge in [-0.15, -0.1) is 0 Å². The first-order valence-corrected chi connectivity index (χ1v) is 7.60. The highest BCUT2D eigenvalue weighted by atomic mass is 16.5. The lowest BCUT2D eigenvalue weighted by Gasteiger charge is -2.13. The van der Waals surface area contributed by atoms with Crippen LogP contribution in [0.15, 0.2) is 30.9 Å². The second-order valence-corrected chi connectivity index (χ2v) is 5.22. The minimum absolute atomic E-state index is 0.0262. The van der Waals surface area contributed by atoms with E-state index < -0.39 is 0 Å². The summed E-state index contributed by atoms with van der Waals surface area (Å²) in [7, 11) is 0. The van der Waals surface area contributed by atoms with Gasteiger partial charge in [-0.2, -0.15) is 0 Å². The molecule has 0 saturated heterocycles. The first-order chi connectivity index (χ1) is 11.7. The van der Waals surface area contributed by atoms with Crippen molar-refractivity contribution >= 4 is 16.6 Å². The van der Waals surface area contributed by atoms with E-state index in [0.29, 0.717) is 35.7 Å². The molecule has 0 unspecified atom stereocenters. The van der Waals surface area contributed by atoms with Crippen molar-refractivity contribution in [3.63, 3.8) is 0 Å². The molecule has 0 aliphatic rings. The van der Waals surface area contributed by atoms with E-state index in [1.807, 2.05) is 6.07 Å². The fourth-order valence-corrected chi connectivity index (χ4v) is 2.50. The summed E-state index contributed by atoms with van der Waals surface area (Å²) in [4.78, 5) is 13.1. The van der Waals surface area contributed by atoms with Gasteiger partial charge >= 0.3 is 0 Å². The van der Waals surface area contributed by atoms with E-state index >= 15 is 0 Å². The Morgan fingerprint density at radius 3 is 2.75 bits per heavy atom. The Labute approximate surface area is 138 Å². The highest BCUT2D eigenvalue weighted by Gasteiger charge is 2.14. The lowest BCUT2D eigenvalue weighted by atomic mass is 10.1. The quantitative estimate of drug-likeness (QED) is 0.425. The molecule has 0 radical (unpaired) electrons. The largest absolute Gasteiger partial charge is 0.398 e. The van der Waals surface area contributed by atoms with Gasteiger partial charge in [0, 0.05) is 35.5 Å². The number of aliphatic hydroxyl groups is 2. The molecular weight excluding hydrogens is 310 g/mol. The summed E-state index contributed by atoms with van der Waals surface area (Å²) in [5.41, 5.74) is 8.73. The maximum atomic E-state index is 9.43. The summed E-state index contributed by atoms with van der Waals surface area (Å²) in [6.07, 6.45) is 5.55. The first-order valence-electron chi connectivity index (χ1n) is 7.60. The zero-order valence-electron chi connectivity index (χ0n) is 13.1. The molecule has 0 saturated carbocycles. The number of hydrogen-bond acceptors (Lipinski definition) is 7. The molecule has 2 aromatic heterocycles. The normalized spacial score (nSPS) is 11.2. The third kappa shape index (κ3) is 3.21. The summed E-state index contributed by atoms with van der Waals surface area (Å²) < 4.78 is 7.06. The lowest BCUT2D eigenvalue weighted by molar-refractivity contribution is 0.0942. The van der Waals surface area contributed by atoms with Gasteiger partial charge in [-0.1, -0.05) is 6.07 Å². The Hall–Kier alpha value is -2.55. The van der Waals surface area contributed by atoms with Crippen LogP contribution >= 0.6 is 0 Å². The maximum Gasteiger partial charge on any atom is 0.235 e. The molecular formula is C16H19N5O3. The molecule has 0 aliphatic carbocycles. The highest BCUT2D eigenvalue weighted by Crippen LogP contribution is 2.27. The van der Waals surface area contributed by atoms with Crippen LogP contribution in [0.2, 0.25) is 0 Å². The average Bonchev–Trinajstić information content (AvgIpc) is 3.13. The standard InChI is InChI=1S/C16H19N5O3/c17-15-11(9-23)1-2-12-14(15)13(3-7-24-8-6-22)20-16(19-12)21-5-4-18-10-21/h1-2,4-5,10,22-23H,3,6-9,17H2. The summed E-state index contributed by atoms with van der Waals surface area (Å²) in [5, 5.41) is 19.0. The summed E-state index contributed by atoms with van der Waals surface area (Å²) in [5.74, 6) is 0.494. The van der Waals surface area contributed by atoms with E-state index in [1.54, 1.807) is 29.4 Å². The number of nitrogens with two attached hydrogens (primary N) is 1. The number of aromatic nitrogens is 4. The fraction of sp³-hybridized carbons (Fsp3) is 0.312. The predicted molar refractivity (Wildman–Crippen MR) is 88.6 cm³/mol. The number of rotatable bonds is 7. The van der Waals surface area contributed by atoms with Gasteiger partial charge in [0.1, 0.15) is 6.33 Å². The molecule has 0 spiro atoms. The van der Waals surface area contributed by atoms with Gasteiger partial charge < -0.3 is 20.7 Å². The van der Waals surface area contributed by atoms with E-state index in [-0.39, 0.29) is 19.8 Å². The van der Waals surface area contributed by atoms with Crippen molar-refractivity contribution in [2.24, 2.45) is 0 Å². The number of ether oxygens (including phenoxy) is 1. The molecule has 0 atom stereocenters. The molecule has 0 aliphatic heterocycles. The monoisotopic (exact) mass is 329 g/mol. The van der Waals surface area contributed by atoms with Crippen LogP contribution in [-0.4, -0.2) is 49.6 Å². The van der Waals surface area contributed by atoms with Crippen molar-refractivity contribution in [3.05, 3.63) is 42.1 Å². The SMILES string of the molecule is Nc1c(CO)ccc2nc(-n3ccnc3)nc(CCOCCO)c12. The van der Waals surface area contributed by atoms with Crippen molar-refractivity contribution in [1.29, 1.82) is 0 Å². The smallest absolute Gasteiger partial charge is 0.235 e. The number of anilines is 1. The van der Waals surface area contributed by atoms with Gasteiger partial charge in [0.05, 0.1) is 37.6 Å². The number of hydrogen-bond donors (Lipinski definition) is 3. The van der Waals surface area contributed by atoms with Gasteiger partial charge in [-0.25, -0.2) is 15.0 Å². The third-order valence-electron chi connectivity index (χ3n) is 3.68. The summed E-state index contributed by atoms with van der Waals surface area (Å²) >= 11 is 0. The summed E-state index contributed by atoms with van der Waals surface area (Å²) in [6, 6.07) is 3.58. The molecule has 2 heterocycles. The van der Waals surface area contributed by atoms with Crippen LogP contribution in [0.25, 0.3) is 16.9 Å². The van der Waals surface area contributed by atoms with Crippen LogP contribution in [0.5, 0.6) is 0 Å². The zero-order chi connectivity index (χ0) is 16.9. The Kier molecular flexibility index (Phi) is 4.99. The Morgan fingerprint density at radius 1 is 1.17 bits per heavy atom. The molecule has 126 valence electrons.